The van der Waals surface area contributed by atoms with Crippen LogP contribution < -0.4 is 5.32 Å². The molecule has 0 radical (unpaired) electrons. The second-order valence-corrected chi connectivity index (χ2v) is 5.81. The van der Waals surface area contributed by atoms with Gasteiger partial charge < -0.3 is 14.2 Å². The van der Waals surface area contributed by atoms with Crippen LogP contribution in [0.5, 0.6) is 0 Å². The molecule has 0 aliphatic heterocycles. The lowest BCUT2D eigenvalue weighted by Gasteiger charge is -2.02. The second-order valence-electron chi connectivity index (χ2n) is 5.81. The zero-order chi connectivity index (χ0) is 15.6. The van der Waals surface area contributed by atoms with E-state index < -0.39 is 0 Å². The molecule has 2 aromatic heterocycles. The number of nitrogens with one attached hydrogen (secondary N) is 1. The largest absolute Gasteiger partial charge is 0.469 e. The number of carbonyl (C=O) groups is 1. The summed E-state index contributed by atoms with van der Waals surface area (Å²) in [5, 5.41) is 2.94. The Labute approximate surface area is 134 Å². The summed E-state index contributed by atoms with van der Waals surface area (Å²) in [6.07, 6.45) is 2.50. The topological polar surface area (TPSA) is 55.4 Å². The maximum Gasteiger partial charge on any atom is 0.224 e. The Balaban J connectivity index is 1.33. The lowest BCUT2D eigenvalue weighted by molar-refractivity contribution is -0.122. The first-order valence-electron chi connectivity index (χ1n) is 7.76. The van der Waals surface area contributed by atoms with Crippen molar-refractivity contribution in [1.82, 2.24) is 5.32 Å². The van der Waals surface area contributed by atoms with E-state index in [9.17, 15) is 4.79 Å². The van der Waals surface area contributed by atoms with Crippen molar-refractivity contribution in [2.24, 2.45) is 5.92 Å². The van der Waals surface area contributed by atoms with Gasteiger partial charge in [0.2, 0.25) is 5.91 Å². The fourth-order valence-corrected chi connectivity index (χ4v) is 2.84. The van der Waals surface area contributed by atoms with Crippen molar-refractivity contribution in [3.05, 3.63) is 72.4 Å². The van der Waals surface area contributed by atoms with Gasteiger partial charge in [0.05, 0.1) is 12.8 Å². The van der Waals surface area contributed by atoms with Gasteiger partial charge in [-0.05, 0) is 30.7 Å². The van der Waals surface area contributed by atoms with Gasteiger partial charge in [-0.1, -0.05) is 30.3 Å². The van der Waals surface area contributed by atoms with E-state index in [0.717, 1.165) is 29.3 Å². The van der Waals surface area contributed by atoms with Gasteiger partial charge in [-0.2, -0.15) is 0 Å². The van der Waals surface area contributed by atoms with Crippen molar-refractivity contribution < 1.29 is 13.6 Å². The Kier molecular flexibility index (Phi) is 3.50. The van der Waals surface area contributed by atoms with Crippen LogP contribution in [0, 0.1) is 5.92 Å². The highest BCUT2D eigenvalue weighted by molar-refractivity contribution is 5.82. The molecule has 1 amide bonds. The minimum Gasteiger partial charge on any atom is -0.469 e. The van der Waals surface area contributed by atoms with Crippen LogP contribution in [0.4, 0.5) is 0 Å². The highest BCUT2D eigenvalue weighted by atomic mass is 16.3. The van der Waals surface area contributed by atoms with E-state index in [1.165, 1.54) is 0 Å². The summed E-state index contributed by atoms with van der Waals surface area (Å²) in [6.45, 7) is 0.410. The molecule has 1 aliphatic carbocycles. The van der Waals surface area contributed by atoms with E-state index in [1.54, 1.807) is 6.26 Å². The second kappa shape index (κ2) is 5.80. The Morgan fingerprint density at radius 1 is 1.09 bits per heavy atom. The van der Waals surface area contributed by atoms with Crippen molar-refractivity contribution in [1.29, 1.82) is 0 Å². The number of hydrogen-bond acceptors (Lipinski definition) is 3. The molecule has 0 bridgehead atoms. The third kappa shape index (κ3) is 2.93. The van der Waals surface area contributed by atoms with Gasteiger partial charge in [-0.15, -0.1) is 0 Å². The van der Waals surface area contributed by atoms with Gasteiger partial charge in [-0.3, -0.25) is 4.79 Å². The number of furan rings is 2. The lowest BCUT2D eigenvalue weighted by atomic mass is 10.2. The fraction of sp³-hybridized carbons (Fsp3) is 0.211. The number of amides is 1. The molecule has 116 valence electrons. The highest BCUT2D eigenvalue weighted by Crippen LogP contribution is 2.47. The molecule has 2 heterocycles. The molecule has 1 aliphatic rings. The molecular weight excluding hydrogens is 290 g/mol. The van der Waals surface area contributed by atoms with Crippen LogP contribution in [0.25, 0.3) is 11.3 Å². The Morgan fingerprint density at radius 2 is 1.96 bits per heavy atom. The third-order valence-corrected chi connectivity index (χ3v) is 4.19. The summed E-state index contributed by atoms with van der Waals surface area (Å²) in [5.41, 5.74) is 1.03. The maximum absolute atomic E-state index is 12.2. The van der Waals surface area contributed by atoms with E-state index in [-0.39, 0.29) is 17.7 Å². The van der Waals surface area contributed by atoms with E-state index in [0.29, 0.717) is 6.54 Å². The number of carbonyl (C=O) groups excluding carboxylic acids is 1. The molecule has 1 N–H and O–H groups in total. The van der Waals surface area contributed by atoms with E-state index >= 15 is 0 Å². The molecule has 4 nitrogen and oxygen atoms in total. The first-order valence-corrected chi connectivity index (χ1v) is 7.76. The van der Waals surface area contributed by atoms with Crippen LogP contribution in [-0.4, -0.2) is 5.91 Å². The minimum atomic E-state index is 0.0182. The molecule has 23 heavy (non-hydrogen) atoms. The molecular formula is C19H17NO3. The first kappa shape index (κ1) is 13.9. The summed E-state index contributed by atoms with van der Waals surface area (Å²) in [5.74, 6) is 2.77. The van der Waals surface area contributed by atoms with Gasteiger partial charge >= 0.3 is 0 Å². The Bertz CT molecular complexity index is 789. The minimum absolute atomic E-state index is 0.0182. The molecule has 0 saturated heterocycles. The van der Waals surface area contributed by atoms with Crippen LogP contribution in [0.2, 0.25) is 0 Å². The summed E-state index contributed by atoms with van der Waals surface area (Å²) >= 11 is 0. The molecule has 0 unspecified atom stereocenters. The molecule has 2 atom stereocenters. The Hall–Kier alpha value is -2.75. The van der Waals surface area contributed by atoms with Crippen LogP contribution >= 0.6 is 0 Å². The fourth-order valence-electron chi connectivity index (χ4n) is 2.84. The highest BCUT2D eigenvalue weighted by Gasteiger charge is 2.45. The number of hydrogen-bond donors (Lipinski definition) is 1. The summed E-state index contributed by atoms with van der Waals surface area (Å²) < 4.78 is 11.1. The van der Waals surface area contributed by atoms with Gasteiger partial charge in [0.15, 0.2) is 0 Å². The molecule has 3 aromatic rings. The molecule has 1 fully saturated rings. The average Bonchev–Trinajstić information content (AvgIpc) is 3.02. The van der Waals surface area contributed by atoms with Crippen LogP contribution in [0.1, 0.15) is 23.9 Å². The van der Waals surface area contributed by atoms with Crippen LogP contribution in [0.15, 0.2) is 69.7 Å². The Morgan fingerprint density at radius 3 is 2.74 bits per heavy atom. The van der Waals surface area contributed by atoms with Crippen molar-refractivity contribution in [3.63, 3.8) is 0 Å². The van der Waals surface area contributed by atoms with Crippen LogP contribution in [0.3, 0.4) is 0 Å². The average molecular weight is 307 g/mol. The van der Waals surface area contributed by atoms with Crippen LogP contribution in [-0.2, 0) is 11.3 Å². The van der Waals surface area contributed by atoms with Gasteiger partial charge in [-0.25, -0.2) is 0 Å². The van der Waals surface area contributed by atoms with E-state index in [1.807, 2.05) is 54.6 Å². The summed E-state index contributed by atoms with van der Waals surface area (Å²) in [4.78, 5) is 12.2. The standard InChI is InChI=1S/C19H17NO3/c21-19(16-11-15(16)18-7-4-10-22-18)20-12-14-8-9-17(23-14)13-5-2-1-3-6-13/h1-10,15-16H,11-12H2,(H,20,21)/t15-,16-/m0/s1. The van der Waals surface area contributed by atoms with E-state index in [2.05, 4.69) is 5.32 Å². The summed E-state index contributed by atoms with van der Waals surface area (Å²) in [6, 6.07) is 17.5. The van der Waals surface area contributed by atoms with Gasteiger partial charge in [0.1, 0.15) is 17.3 Å². The predicted molar refractivity (Wildman–Crippen MR) is 85.5 cm³/mol. The van der Waals surface area contributed by atoms with Gasteiger partial charge in [0.25, 0.3) is 0 Å². The quantitative estimate of drug-likeness (QED) is 0.776. The molecule has 4 rings (SSSR count). The lowest BCUT2D eigenvalue weighted by Crippen LogP contribution is -2.24. The van der Waals surface area contributed by atoms with Crippen molar-refractivity contribution in [2.75, 3.05) is 0 Å². The first-order chi connectivity index (χ1) is 11.3. The maximum atomic E-state index is 12.2. The molecule has 1 saturated carbocycles. The van der Waals surface area contributed by atoms with Crippen molar-refractivity contribution in [2.45, 2.75) is 18.9 Å². The SMILES string of the molecule is O=C(NCc1ccc(-c2ccccc2)o1)[C@H]1C[C@@H]1c1ccco1. The van der Waals surface area contributed by atoms with Crippen molar-refractivity contribution >= 4 is 5.91 Å². The van der Waals surface area contributed by atoms with E-state index in [4.69, 9.17) is 8.83 Å². The number of benzene rings is 1. The molecule has 1 aromatic carbocycles. The normalized spacial score (nSPS) is 19.5. The van der Waals surface area contributed by atoms with Gasteiger partial charge in [0, 0.05) is 17.4 Å². The number of rotatable bonds is 5. The smallest absolute Gasteiger partial charge is 0.224 e. The summed E-state index contributed by atoms with van der Waals surface area (Å²) in [7, 11) is 0. The molecule has 4 heteroatoms. The molecule has 0 spiro atoms. The van der Waals surface area contributed by atoms with Crippen molar-refractivity contribution in [3.8, 4) is 11.3 Å². The third-order valence-electron chi connectivity index (χ3n) is 4.19. The zero-order valence-corrected chi connectivity index (χ0v) is 12.6. The predicted octanol–water partition coefficient (Wildman–Crippen LogP) is 3.96. The monoisotopic (exact) mass is 307 g/mol. The zero-order valence-electron chi connectivity index (χ0n) is 12.6.